The number of ether oxygens (including phenoxy) is 1. The summed E-state index contributed by atoms with van der Waals surface area (Å²) in [5, 5.41) is 7.06. The molecule has 136 valence electrons. The molecule has 2 aromatic carbocycles. The van der Waals surface area contributed by atoms with Gasteiger partial charge in [0.15, 0.2) is 4.77 Å². The van der Waals surface area contributed by atoms with Gasteiger partial charge in [-0.3, -0.25) is 4.90 Å². The van der Waals surface area contributed by atoms with E-state index in [-0.39, 0.29) is 0 Å². The van der Waals surface area contributed by atoms with Crippen molar-refractivity contribution in [2.24, 2.45) is 0 Å². The molecule has 0 aliphatic heterocycles. The molecule has 1 aliphatic carbocycles. The van der Waals surface area contributed by atoms with Crippen LogP contribution >= 0.6 is 12.2 Å². The molecule has 1 fully saturated rings. The Morgan fingerprint density at radius 2 is 1.92 bits per heavy atom. The fourth-order valence-corrected chi connectivity index (χ4v) is 3.84. The van der Waals surface area contributed by atoms with Crippen LogP contribution in [0.25, 0.3) is 10.8 Å². The van der Waals surface area contributed by atoms with E-state index < -0.39 is 0 Å². The average Bonchev–Trinajstić information content (AvgIpc) is 3.41. The lowest BCUT2D eigenvalue weighted by atomic mass is 10.1. The molecule has 26 heavy (non-hydrogen) atoms. The minimum absolute atomic E-state index is 0.569. The predicted octanol–water partition coefficient (Wildman–Crippen LogP) is 4.31. The topological polar surface area (TPSA) is 35.2 Å². The van der Waals surface area contributed by atoms with Crippen molar-refractivity contribution in [3.8, 4) is 5.75 Å². The van der Waals surface area contributed by atoms with Crippen LogP contribution in [0.15, 0.2) is 36.4 Å². The first-order valence-corrected chi connectivity index (χ1v) is 9.37. The number of fused-ring (bicyclic) bond motifs is 1. The predicted molar refractivity (Wildman–Crippen MR) is 106 cm³/mol. The van der Waals surface area contributed by atoms with Crippen LogP contribution in [0, 0.1) is 11.7 Å². The number of hydrogen-bond donors (Lipinski definition) is 0. The lowest BCUT2D eigenvalue weighted by Gasteiger charge is -2.17. The average molecular weight is 369 g/mol. The molecular formula is C20H24N4OS. The summed E-state index contributed by atoms with van der Waals surface area (Å²) in [4.78, 5) is 2.24. The van der Waals surface area contributed by atoms with Gasteiger partial charge in [-0.25, -0.2) is 4.68 Å². The van der Waals surface area contributed by atoms with Gasteiger partial charge in [-0.1, -0.05) is 18.2 Å². The second-order valence-electron chi connectivity index (χ2n) is 7.13. The highest BCUT2D eigenvalue weighted by atomic mass is 32.1. The van der Waals surface area contributed by atoms with Crippen LogP contribution < -0.4 is 4.74 Å². The molecule has 0 unspecified atom stereocenters. The van der Waals surface area contributed by atoms with E-state index in [0.717, 1.165) is 22.9 Å². The number of benzene rings is 2. The monoisotopic (exact) mass is 368 g/mol. The van der Waals surface area contributed by atoms with Gasteiger partial charge in [0.25, 0.3) is 0 Å². The standard InChI is InChI=1S/C20H24N4OS/c1-14-21-23(20(26)24(14)18-7-8-18)13-22(2)12-15-4-5-17-11-19(25-3)9-6-16(17)10-15/h4-6,9-11,18H,7-8,12-13H2,1-3H3. The Balaban J connectivity index is 1.49. The molecule has 0 amide bonds. The van der Waals surface area contributed by atoms with Crippen molar-refractivity contribution in [3.63, 3.8) is 0 Å². The van der Waals surface area contributed by atoms with E-state index in [1.165, 1.54) is 29.2 Å². The molecular weight excluding hydrogens is 344 g/mol. The van der Waals surface area contributed by atoms with Gasteiger partial charge in [0.1, 0.15) is 11.6 Å². The quantitative estimate of drug-likeness (QED) is 0.608. The maximum absolute atomic E-state index is 5.62. The van der Waals surface area contributed by atoms with Crippen LogP contribution in [0.2, 0.25) is 0 Å². The Morgan fingerprint density at radius 1 is 1.19 bits per heavy atom. The minimum Gasteiger partial charge on any atom is -0.497 e. The first kappa shape index (κ1) is 17.2. The fourth-order valence-electron chi connectivity index (χ4n) is 3.46. The van der Waals surface area contributed by atoms with E-state index in [4.69, 9.17) is 17.0 Å². The molecule has 1 aromatic heterocycles. The second kappa shape index (κ2) is 6.85. The van der Waals surface area contributed by atoms with Gasteiger partial charge in [-0.15, -0.1) is 0 Å². The maximum Gasteiger partial charge on any atom is 0.199 e. The van der Waals surface area contributed by atoms with E-state index in [1.807, 2.05) is 17.7 Å². The summed E-state index contributed by atoms with van der Waals surface area (Å²) in [6.07, 6.45) is 2.44. The van der Waals surface area contributed by atoms with E-state index in [2.05, 4.69) is 51.9 Å². The van der Waals surface area contributed by atoms with Gasteiger partial charge in [-0.05, 0) is 73.6 Å². The zero-order chi connectivity index (χ0) is 18.3. The van der Waals surface area contributed by atoms with Gasteiger partial charge in [0.05, 0.1) is 13.8 Å². The summed E-state index contributed by atoms with van der Waals surface area (Å²) in [5.74, 6) is 1.91. The number of aromatic nitrogens is 3. The molecule has 0 spiro atoms. The molecule has 0 atom stereocenters. The van der Waals surface area contributed by atoms with Crippen molar-refractivity contribution in [1.29, 1.82) is 0 Å². The fraction of sp³-hybridized carbons (Fsp3) is 0.400. The zero-order valence-electron chi connectivity index (χ0n) is 15.5. The molecule has 1 aliphatic rings. The number of hydrogen-bond acceptors (Lipinski definition) is 4. The largest absolute Gasteiger partial charge is 0.497 e. The van der Waals surface area contributed by atoms with E-state index >= 15 is 0 Å². The summed E-state index contributed by atoms with van der Waals surface area (Å²) in [6.45, 7) is 3.58. The van der Waals surface area contributed by atoms with Crippen LogP contribution in [0.3, 0.4) is 0 Å². The molecule has 0 saturated heterocycles. The molecule has 0 N–H and O–H groups in total. The normalized spacial score (nSPS) is 14.3. The first-order chi connectivity index (χ1) is 12.5. The van der Waals surface area contributed by atoms with Crippen LogP contribution in [0.4, 0.5) is 0 Å². The van der Waals surface area contributed by atoms with Crippen molar-refractivity contribution in [2.75, 3.05) is 14.2 Å². The number of methoxy groups -OCH3 is 1. The highest BCUT2D eigenvalue weighted by Gasteiger charge is 2.27. The SMILES string of the molecule is COc1ccc2cc(CN(C)Cn3nc(C)n(C4CC4)c3=S)ccc2c1. The van der Waals surface area contributed by atoms with Gasteiger partial charge in [0, 0.05) is 12.6 Å². The van der Waals surface area contributed by atoms with Crippen molar-refractivity contribution in [1.82, 2.24) is 19.2 Å². The van der Waals surface area contributed by atoms with Gasteiger partial charge in [0.2, 0.25) is 0 Å². The smallest absolute Gasteiger partial charge is 0.199 e. The van der Waals surface area contributed by atoms with Crippen LogP contribution in [-0.4, -0.2) is 33.4 Å². The number of rotatable bonds is 6. The number of aryl methyl sites for hydroxylation is 1. The van der Waals surface area contributed by atoms with Gasteiger partial charge >= 0.3 is 0 Å². The van der Waals surface area contributed by atoms with Crippen molar-refractivity contribution in [2.45, 2.75) is 39.0 Å². The molecule has 6 heteroatoms. The summed E-state index contributed by atoms with van der Waals surface area (Å²) >= 11 is 5.62. The summed E-state index contributed by atoms with van der Waals surface area (Å²) in [5.41, 5.74) is 1.27. The van der Waals surface area contributed by atoms with Crippen molar-refractivity contribution < 1.29 is 4.74 Å². The Hall–Kier alpha value is -2.18. The third-order valence-corrected chi connectivity index (χ3v) is 5.30. The molecule has 1 saturated carbocycles. The minimum atomic E-state index is 0.569. The summed E-state index contributed by atoms with van der Waals surface area (Å²) in [6, 6.07) is 13.3. The van der Waals surface area contributed by atoms with Crippen molar-refractivity contribution >= 4 is 23.0 Å². The molecule has 0 bridgehead atoms. The Kier molecular flexibility index (Phi) is 4.54. The van der Waals surface area contributed by atoms with E-state index in [9.17, 15) is 0 Å². The molecule has 4 rings (SSSR count). The van der Waals surface area contributed by atoms with E-state index in [0.29, 0.717) is 12.7 Å². The number of nitrogens with zero attached hydrogens (tertiary/aromatic N) is 4. The third kappa shape index (κ3) is 3.39. The zero-order valence-corrected chi connectivity index (χ0v) is 16.3. The summed E-state index contributed by atoms with van der Waals surface area (Å²) < 4.78 is 10.3. The summed E-state index contributed by atoms with van der Waals surface area (Å²) in [7, 11) is 3.80. The van der Waals surface area contributed by atoms with Gasteiger partial charge < -0.3 is 9.30 Å². The van der Waals surface area contributed by atoms with Gasteiger partial charge in [-0.2, -0.15) is 5.10 Å². The maximum atomic E-state index is 5.62. The lowest BCUT2D eigenvalue weighted by Crippen LogP contribution is -2.22. The Bertz CT molecular complexity index is 1000. The molecule has 1 heterocycles. The molecule has 0 radical (unpaired) electrons. The van der Waals surface area contributed by atoms with Crippen LogP contribution in [0.5, 0.6) is 5.75 Å². The third-order valence-electron chi connectivity index (χ3n) is 4.89. The highest BCUT2D eigenvalue weighted by molar-refractivity contribution is 7.71. The van der Waals surface area contributed by atoms with Crippen LogP contribution in [-0.2, 0) is 13.2 Å². The molecule has 3 aromatic rings. The highest BCUT2D eigenvalue weighted by Crippen LogP contribution is 2.35. The van der Waals surface area contributed by atoms with E-state index in [1.54, 1.807) is 7.11 Å². The Labute approximate surface area is 158 Å². The first-order valence-electron chi connectivity index (χ1n) is 8.96. The van der Waals surface area contributed by atoms with Crippen molar-refractivity contribution in [3.05, 3.63) is 52.6 Å². The second-order valence-corrected chi connectivity index (χ2v) is 7.50. The molecule has 5 nitrogen and oxygen atoms in total. The Morgan fingerprint density at radius 3 is 2.65 bits per heavy atom. The lowest BCUT2D eigenvalue weighted by molar-refractivity contribution is 0.243. The van der Waals surface area contributed by atoms with Crippen LogP contribution in [0.1, 0.15) is 30.3 Å².